The largest absolute Gasteiger partial charge is 0.444 e. The summed E-state index contributed by atoms with van der Waals surface area (Å²) >= 11 is 6.98. The first-order valence-electron chi connectivity index (χ1n) is 10.8. The highest BCUT2D eigenvalue weighted by Gasteiger charge is 2.25. The first kappa shape index (κ1) is 26.5. The number of hydrogen-bond acceptors (Lipinski definition) is 7. The van der Waals surface area contributed by atoms with E-state index in [4.69, 9.17) is 21.1 Å². The number of ether oxygens (including phenoxy) is 2. The van der Waals surface area contributed by atoms with Gasteiger partial charge in [0.15, 0.2) is 0 Å². The Bertz CT molecular complexity index is 1080. The highest BCUT2D eigenvalue weighted by Crippen LogP contribution is 2.22. The third-order valence-electron chi connectivity index (χ3n) is 4.70. The molecule has 1 atom stereocenters. The molecule has 1 fully saturated rings. The maximum atomic E-state index is 13.0. The minimum absolute atomic E-state index is 0.0277. The number of thiophene rings is 1. The number of benzene rings is 1. The van der Waals surface area contributed by atoms with Crippen LogP contribution in [0.15, 0.2) is 36.4 Å². The molecule has 188 valence electrons. The number of nitrogens with zero attached hydrogens (tertiary/aromatic N) is 1. The number of hydrogen-bond donors (Lipinski definition) is 3. The van der Waals surface area contributed by atoms with Crippen LogP contribution in [-0.2, 0) is 19.1 Å². The quantitative estimate of drug-likeness (QED) is 0.513. The number of morpholine rings is 1. The van der Waals surface area contributed by atoms with Crippen LogP contribution in [0, 0.1) is 0 Å². The van der Waals surface area contributed by atoms with Gasteiger partial charge in [0.1, 0.15) is 18.2 Å². The number of amides is 4. The van der Waals surface area contributed by atoms with Gasteiger partial charge in [-0.1, -0.05) is 11.6 Å². The smallest absolute Gasteiger partial charge is 0.407 e. The van der Waals surface area contributed by atoms with Crippen molar-refractivity contribution >= 4 is 58.1 Å². The monoisotopic (exact) mass is 522 g/mol. The Hall–Kier alpha value is -3.15. The van der Waals surface area contributed by atoms with Gasteiger partial charge >= 0.3 is 6.09 Å². The molecule has 2 aromatic rings. The topological polar surface area (TPSA) is 126 Å². The predicted octanol–water partition coefficient (Wildman–Crippen LogP) is 3.03. The van der Waals surface area contributed by atoms with Gasteiger partial charge in [0, 0.05) is 17.9 Å². The van der Waals surface area contributed by atoms with E-state index < -0.39 is 29.6 Å². The van der Waals surface area contributed by atoms with Crippen molar-refractivity contribution in [3.63, 3.8) is 0 Å². The number of rotatable bonds is 7. The van der Waals surface area contributed by atoms with Crippen molar-refractivity contribution in [3.05, 3.63) is 45.6 Å². The molecule has 1 unspecified atom stereocenters. The Morgan fingerprint density at radius 2 is 1.89 bits per heavy atom. The second-order valence-electron chi connectivity index (χ2n) is 8.65. The van der Waals surface area contributed by atoms with E-state index in [1.165, 1.54) is 0 Å². The predicted molar refractivity (Wildman–Crippen MR) is 133 cm³/mol. The van der Waals surface area contributed by atoms with Crippen LogP contribution in [0.3, 0.4) is 0 Å². The maximum Gasteiger partial charge on any atom is 0.407 e. The molecule has 1 aromatic carbocycles. The third kappa shape index (κ3) is 7.94. The summed E-state index contributed by atoms with van der Waals surface area (Å²) in [6.07, 6.45) is -0.719. The van der Waals surface area contributed by atoms with Crippen molar-refractivity contribution in [1.29, 1.82) is 0 Å². The van der Waals surface area contributed by atoms with Crippen LogP contribution < -0.4 is 20.9 Å². The molecular formula is C23H27ClN4O6S. The molecule has 12 heteroatoms. The number of alkyl carbamates (subject to hydrolysis) is 1. The summed E-state index contributed by atoms with van der Waals surface area (Å²) in [6, 6.07) is 8.74. The third-order valence-corrected chi connectivity index (χ3v) is 5.93. The molecule has 0 saturated carbocycles. The first-order chi connectivity index (χ1) is 16.5. The van der Waals surface area contributed by atoms with E-state index in [1.54, 1.807) is 62.1 Å². The number of carbonyl (C=O) groups excluding carboxylic acids is 4. The molecule has 10 nitrogen and oxygen atoms in total. The lowest BCUT2D eigenvalue weighted by molar-refractivity contribution is -0.125. The average Bonchev–Trinajstić information content (AvgIpc) is 3.22. The Morgan fingerprint density at radius 1 is 1.17 bits per heavy atom. The summed E-state index contributed by atoms with van der Waals surface area (Å²) in [5.74, 6) is -1.20. The molecule has 1 aliphatic heterocycles. The summed E-state index contributed by atoms with van der Waals surface area (Å²) in [5, 5.41) is 7.85. The molecule has 3 rings (SSSR count). The second kappa shape index (κ2) is 11.5. The molecule has 1 aliphatic rings. The number of nitrogens with one attached hydrogen (secondary N) is 3. The second-order valence-corrected chi connectivity index (χ2v) is 10.4. The minimum Gasteiger partial charge on any atom is -0.444 e. The normalized spacial score (nSPS) is 14.7. The molecule has 35 heavy (non-hydrogen) atoms. The van der Waals surface area contributed by atoms with Crippen LogP contribution in [0.2, 0.25) is 4.34 Å². The standard InChI is InChI=1S/C23H27ClN4O6S/c1-23(2,3)34-22(32)25-12-16(27-21(31)17-8-9-18(24)35-17)20(30)26-14-4-6-15(7-5-14)28-10-11-33-13-19(28)29/h4-9,16H,10-13H2,1-3H3,(H,25,32)(H,26,30)(H,27,31). The summed E-state index contributed by atoms with van der Waals surface area (Å²) in [4.78, 5) is 51.7. The summed E-state index contributed by atoms with van der Waals surface area (Å²) < 4.78 is 10.8. The van der Waals surface area contributed by atoms with Crippen molar-refractivity contribution in [2.75, 3.05) is 36.5 Å². The number of carbonyl (C=O) groups is 4. The molecule has 1 aromatic heterocycles. The SMILES string of the molecule is CC(C)(C)OC(=O)NCC(NC(=O)c1ccc(Cl)s1)C(=O)Nc1ccc(N2CCOCC2=O)cc1. The molecule has 3 N–H and O–H groups in total. The fourth-order valence-electron chi connectivity index (χ4n) is 3.12. The van der Waals surface area contributed by atoms with Gasteiger partial charge in [-0.3, -0.25) is 14.4 Å². The van der Waals surface area contributed by atoms with E-state index in [2.05, 4.69) is 16.0 Å². The highest BCUT2D eigenvalue weighted by atomic mass is 35.5. The number of halogens is 1. The summed E-state index contributed by atoms with van der Waals surface area (Å²) in [5.41, 5.74) is 0.417. The van der Waals surface area contributed by atoms with Crippen molar-refractivity contribution in [3.8, 4) is 0 Å². The molecule has 0 spiro atoms. The van der Waals surface area contributed by atoms with E-state index in [0.29, 0.717) is 33.7 Å². The van der Waals surface area contributed by atoms with Gasteiger partial charge in [0.05, 0.1) is 22.4 Å². The molecular weight excluding hydrogens is 496 g/mol. The van der Waals surface area contributed by atoms with E-state index in [-0.39, 0.29) is 19.1 Å². The Kier molecular flexibility index (Phi) is 8.71. The minimum atomic E-state index is -1.10. The fourth-order valence-corrected chi connectivity index (χ4v) is 4.07. The molecule has 4 amide bonds. The Morgan fingerprint density at radius 3 is 2.49 bits per heavy atom. The van der Waals surface area contributed by atoms with Crippen LogP contribution in [0.5, 0.6) is 0 Å². The van der Waals surface area contributed by atoms with E-state index in [9.17, 15) is 19.2 Å². The van der Waals surface area contributed by atoms with Gasteiger partial charge in [-0.2, -0.15) is 0 Å². The van der Waals surface area contributed by atoms with Crippen LogP contribution in [0.25, 0.3) is 0 Å². The van der Waals surface area contributed by atoms with E-state index >= 15 is 0 Å². The zero-order valence-corrected chi connectivity index (χ0v) is 21.1. The van der Waals surface area contributed by atoms with Crippen molar-refractivity contribution in [2.45, 2.75) is 32.4 Å². The lowest BCUT2D eigenvalue weighted by atomic mass is 10.2. The van der Waals surface area contributed by atoms with Gasteiger partial charge < -0.3 is 30.3 Å². The van der Waals surface area contributed by atoms with Gasteiger partial charge in [-0.15, -0.1) is 11.3 Å². The van der Waals surface area contributed by atoms with Crippen molar-refractivity contribution in [2.24, 2.45) is 0 Å². The van der Waals surface area contributed by atoms with Crippen molar-refractivity contribution in [1.82, 2.24) is 10.6 Å². The molecule has 0 bridgehead atoms. The maximum absolute atomic E-state index is 13.0. The first-order valence-corrected chi connectivity index (χ1v) is 12.0. The molecule has 0 radical (unpaired) electrons. The molecule has 2 heterocycles. The van der Waals surface area contributed by atoms with Crippen molar-refractivity contribution < 1.29 is 28.7 Å². The zero-order valence-electron chi connectivity index (χ0n) is 19.6. The van der Waals surface area contributed by atoms with Gasteiger partial charge in [-0.05, 0) is 57.2 Å². The molecule has 0 aliphatic carbocycles. The van der Waals surface area contributed by atoms with Crippen LogP contribution in [0.1, 0.15) is 30.4 Å². The molecule has 1 saturated heterocycles. The Labute approximate surface area is 211 Å². The van der Waals surface area contributed by atoms with Gasteiger partial charge in [0.25, 0.3) is 11.8 Å². The van der Waals surface area contributed by atoms with Crippen LogP contribution in [0.4, 0.5) is 16.2 Å². The van der Waals surface area contributed by atoms with Crippen LogP contribution >= 0.6 is 22.9 Å². The lowest BCUT2D eigenvalue weighted by Gasteiger charge is -2.27. The average molecular weight is 523 g/mol. The highest BCUT2D eigenvalue weighted by molar-refractivity contribution is 7.18. The zero-order chi connectivity index (χ0) is 25.6. The summed E-state index contributed by atoms with van der Waals surface area (Å²) in [7, 11) is 0. The van der Waals surface area contributed by atoms with Crippen LogP contribution in [-0.4, -0.2) is 61.8 Å². The van der Waals surface area contributed by atoms with Gasteiger partial charge in [-0.25, -0.2) is 4.79 Å². The fraction of sp³-hybridized carbons (Fsp3) is 0.391. The summed E-state index contributed by atoms with van der Waals surface area (Å²) in [6.45, 7) is 5.87. The van der Waals surface area contributed by atoms with E-state index in [0.717, 1.165) is 11.3 Å². The van der Waals surface area contributed by atoms with E-state index in [1.807, 2.05) is 0 Å². The lowest BCUT2D eigenvalue weighted by Crippen LogP contribution is -2.51. The Balaban J connectivity index is 1.68. The van der Waals surface area contributed by atoms with Gasteiger partial charge in [0.2, 0.25) is 5.91 Å². The number of anilines is 2.